The summed E-state index contributed by atoms with van der Waals surface area (Å²) in [4.78, 5) is 53.4. The number of amides is 3. The first-order valence-corrected chi connectivity index (χ1v) is 13.3. The van der Waals surface area contributed by atoms with E-state index in [-0.39, 0.29) is 28.9 Å². The van der Waals surface area contributed by atoms with Crippen LogP contribution in [0.25, 0.3) is 6.08 Å². The molecule has 2 fully saturated rings. The average molecular weight is 605 g/mol. The molecular weight excluding hydrogens is 580 g/mol. The van der Waals surface area contributed by atoms with Gasteiger partial charge in [-0.2, -0.15) is 0 Å². The molecule has 3 amide bonds. The number of thioether (sulfide) groups is 1. The van der Waals surface area contributed by atoms with Crippen molar-refractivity contribution in [1.82, 2.24) is 9.80 Å². The Labute approximate surface area is 232 Å². The molecule has 0 saturated carbocycles. The van der Waals surface area contributed by atoms with Gasteiger partial charge in [0.1, 0.15) is 12.3 Å². The Hall–Kier alpha value is -3.35. The van der Waals surface area contributed by atoms with E-state index in [0.717, 1.165) is 16.7 Å². The first-order chi connectivity index (χ1) is 18.3. The number of esters is 1. The van der Waals surface area contributed by atoms with Crippen molar-refractivity contribution in [3.05, 3.63) is 56.9 Å². The maximum absolute atomic E-state index is 12.9. The third-order valence-electron chi connectivity index (χ3n) is 5.68. The summed E-state index contributed by atoms with van der Waals surface area (Å²) in [5.74, 6) is -0.386. The Morgan fingerprint density at radius 2 is 1.84 bits per heavy atom. The van der Waals surface area contributed by atoms with E-state index in [1.807, 2.05) is 0 Å². The maximum Gasteiger partial charge on any atom is 0.343 e. The molecule has 2 aliphatic rings. The van der Waals surface area contributed by atoms with Gasteiger partial charge in [-0.1, -0.05) is 0 Å². The van der Waals surface area contributed by atoms with Crippen LogP contribution in [0.15, 0.2) is 45.8 Å². The number of carbonyl (C=O) groups excluding carboxylic acids is 4. The van der Waals surface area contributed by atoms with Crippen molar-refractivity contribution in [2.45, 2.75) is 6.92 Å². The highest BCUT2D eigenvalue weighted by atomic mass is 79.9. The summed E-state index contributed by atoms with van der Waals surface area (Å²) in [6.45, 7) is 3.46. The number of ether oxygens (including phenoxy) is 4. The van der Waals surface area contributed by atoms with Crippen molar-refractivity contribution in [3.8, 4) is 17.2 Å². The Bertz CT molecular complexity index is 1270. The standard InChI is InChI=1S/C26H25BrN2O8S/c1-3-36-20-13-16(12-19(27)23(20)37-25(32)17-4-6-18(34-2)7-5-17)14-21-24(31)29(26(33)38-21)15-22(30)28-8-10-35-11-9-28/h4-7,12-14H,3,8-11,15H2,1-2H3/b21-14-. The summed E-state index contributed by atoms with van der Waals surface area (Å²) in [5.41, 5.74) is 0.860. The zero-order valence-electron chi connectivity index (χ0n) is 20.7. The van der Waals surface area contributed by atoms with Crippen LogP contribution in [0.2, 0.25) is 0 Å². The van der Waals surface area contributed by atoms with Gasteiger partial charge in [0.15, 0.2) is 11.5 Å². The van der Waals surface area contributed by atoms with Crippen LogP contribution in [0, 0.1) is 0 Å². The number of hydrogen-bond donors (Lipinski definition) is 0. The largest absolute Gasteiger partial charge is 0.497 e. The minimum absolute atomic E-state index is 0.169. The van der Waals surface area contributed by atoms with Gasteiger partial charge in [0, 0.05) is 13.1 Å². The summed E-state index contributed by atoms with van der Waals surface area (Å²) in [7, 11) is 1.53. The number of morpholine rings is 1. The van der Waals surface area contributed by atoms with Gasteiger partial charge in [-0.25, -0.2) is 4.79 Å². The van der Waals surface area contributed by atoms with Gasteiger partial charge in [0.25, 0.3) is 11.1 Å². The lowest BCUT2D eigenvalue weighted by Crippen LogP contribution is -2.46. The zero-order valence-corrected chi connectivity index (χ0v) is 23.1. The fourth-order valence-electron chi connectivity index (χ4n) is 3.75. The highest BCUT2D eigenvalue weighted by molar-refractivity contribution is 9.10. The molecule has 2 aliphatic heterocycles. The second-order valence-corrected chi connectivity index (χ2v) is 9.99. The number of carbonyl (C=O) groups is 4. The molecule has 4 rings (SSSR count). The summed E-state index contributed by atoms with van der Waals surface area (Å²) in [6, 6.07) is 9.73. The zero-order chi connectivity index (χ0) is 27.2. The number of hydrogen-bond acceptors (Lipinski definition) is 9. The minimum Gasteiger partial charge on any atom is -0.497 e. The van der Waals surface area contributed by atoms with Crippen LogP contribution in [0.3, 0.4) is 0 Å². The van der Waals surface area contributed by atoms with Crippen LogP contribution in [0.4, 0.5) is 4.79 Å². The Morgan fingerprint density at radius 3 is 2.50 bits per heavy atom. The van der Waals surface area contributed by atoms with Crippen LogP contribution >= 0.6 is 27.7 Å². The maximum atomic E-state index is 12.9. The molecule has 38 heavy (non-hydrogen) atoms. The first kappa shape index (κ1) is 27.7. The monoisotopic (exact) mass is 604 g/mol. The SMILES string of the molecule is CCOc1cc(/C=C2\SC(=O)N(CC(=O)N3CCOCC3)C2=O)cc(Br)c1OC(=O)c1ccc(OC)cc1. The number of imide groups is 1. The van der Waals surface area contributed by atoms with Gasteiger partial charge in [0.2, 0.25) is 5.91 Å². The van der Waals surface area contributed by atoms with Gasteiger partial charge in [-0.3, -0.25) is 19.3 Å². The Morgan fingerprint density at radius 1 is 1.13 bits per heavy atom. The van der Waals surface area contributed by atoms with Crippen LogP contribution in [0.1, 0.15) is 22.8 Å². The molecule has 0 atom stereocenters. The van der Waals surface area contributed by atoms with Gasteiger partial charge < -0.3 is 23.8 Å². The number of halogens is 1. The number of methoxy groups -OCH3 is 1. The molecule has 0 radical (unpaired) electrons. The predicted octanol–water partition coefficient (Wildman–Crippen LogP) is 3.97. The minimum atomic E-state index is -0.590. The van der Waals surface area contributed by atoms with Crippen molar-refractivity contribution in [1.29, 1.82) is 0 Å². The van der Waals surface area contributed by atoms with E-state index in [0.29, 0.717) is 54.3 Å². The molecule has 10 nitrogen and oxygen atoms in total. The molecule has 0 bridgehead atoms. The molecule has 0 aliphatic carbocycles. The van der Waals surface area contributed by atoms with Crippen molar-refractivity contribution < 1.29 is 38.1 Å². The predicted molar refractivity (Wildman–Crippen MR) is 143 cm³/mol. The lowest BCUT2D eigenvalue weighted by molar-refractivity contribution is -0.139. The Kier molecular flexibility index (Phi) is 9.08. The summed E-state index contributed by atoms with van der Waals surface area (Å²) < 4.78 is 22.1. The van der Waals surface area contributed by atoms with E-state index in [1.165, 1.54) is 13.2 Å². The number of rotatable bonds is 8. The molecule has 0 N–H and O–H groups in total. The molecular formula is C26H25BrN2O8S. The van der Waals surface area contributed by atoms with Crippen LogP contribution in [-0.4, -0.2) is 79.4 Å². The highest BCUT2D eigenvalue weighted by Gasteiger charge is 2.37. The summed E-state index contributed by atoms with van der Waals surface area (Å²) >= 11 is 4.18. The molecule has 2 aromatic carbocycles. The van der Waals surface area contributed by atoms with Crippen molar-refractivity contribution >= 4 is 56.8 Å². The van der Waals surface area contributed by atoms with Crippen LogP contribution in [-0.2, 0) is 14.3 Å². The molecule has 0 aromatic heterocycles. The van der Waals surface area contributed by atoms with E-state index in [2.05, 4.69) is 15.9 Å². The molecule has 0 unspecified atom stereocenters. The third kappa shape index (κ3) is 6.37. The Balaban J connectivity index is 1.52. The fourth-order valence-corrected chi connectivity index (χ4v) is 5.13. The van der Waals surface area contributed by atoms with E-state index >= 15 is 0 Å². The average Bonchev–Trinajstić information content (AvgIpc) is 3.18. The van der Waals surface area contributed by atoms with Crippen molar-refractivity contribution in [2.24, 2.45) is 0 Å². The van der Waals surface area contributed by atoms with Crippen molar-refractivity contribution in [3.63, 3.8) is 0 Å². The van der Waals surface area contributed by atoms with Crippen LogP contribution in [0.5, 0.6) is 17.2 Å². The topological polar surface area (TPSA) is 112 Å². The fraction of sp³-hybridized carbons (Fsp3) is 0.308. The molecule has 200 valence electrons. The normalized spacial score (nSPS) is 16.7. The van der Waals surface area contributed by atoms with Gasteiger partial charge in [-0.15, -0.1) is 0 Å². The quantitative estimate of drug-likeness (QED) is 0.251. The van der Waals surface area contributed by atoms with E-state index in [9.17, 15) is 19.2 Å². The summed E-state index contributed by atoms with van der Waals surface area (Å²) in [6.07, 6.45) is 1.53. The molecule has 12 heteroatoms. The second-order valence-electron chi connectivity index (χ2n) is 8.14. The second kappa shape index (κ2) is 12.5. The lowest BCUT2D eigenvalue weighted by atomic mass is 10.1. The third-order valence-corrected chi connectivity index (χ3v) is 7.18. The molecule has 2 heterocycles. The van der Waals surface area contributed by atoms with Crippen molar-refractivity contribution in [2.75, 3.05) is 46.6 Å². The summed E-state index contributed by atoms with van der Waals surface area (Å²) in [5, 5.41) is -0.517. The van der Waals surface area contributed by atoms with E-state index in [4.69, 9.17) is 18.9 Å². The molecule has 2 saturated heterocycles. The smallest absolute Gasteiger partial charge is 0.343 e. The van der Waals surface area contributed by atoms with E-state index in [1.54, 1.807) is 48.2 Å². The lowest BCUT2D eigenvalue weighted by Gasteiger charge is -2.28. The molecule has 2 aromatic rings. The van der Waals surface area contributed by atoms with E-state index < -0.39 is 17.1 Å². The van der Waals surface area contributed by atoms with Gasteiger partial charge >= 0.3 is 5.97 Å². The van der Waals surface area contributed by atoms with Crippen LogP contribution < -0.4 is 14.2 Å². The number of nitrogens with zero attached hydrogens (tertiary/aromatic N) is 2. The first-order valence-electron chi connectivity index (χ1n) is 11.7. The number of benzene rings is 2. The van der Waals surface area contributed by atoms with Gasteiger partial charge in [0.05, 0.1) is 41.9 Å². The molecule has 0 spiro atoms. The van der Waals surface area contributed by atoms with Gasteiger partial charge in [-0.05, 0) is 82.7 Å². The highest BCUT2D eigenvalue weighted by Crippen LogP contribution is 2.39.